The number of nitrogens with one attached hydrogen (secondary N) is 2. The predicted molar refractivity (Wildman–Crippen MR) is 93.1 cm³/mol. The summed E-state index contributed by atoms with van der Waals surface area (Å²) in [7, 11) is 0. The first kappa shape index (κ1) is 17.2. The molecule has 0 aliphatic heterocycles. The average molecular weight is 335 g/mol. The fourth-order valence-electron chi connectivity index (χ4n) is 1.99. The third-order valence-electron chi connectivity index (χ3n) is 3.05. The number of benzene rings is 1. The Labute approximate surface area is 139 Å². The molecule has 6 nitrogen and oxygen atoms in total. The van der Waals surface area contributed by atoms with E-state index in [1.54, 1.807) is 18.2 Å². The van der Waals surface area contributed by atoms with Crippen molar-refractivity contribution in [2.45, 2.75) is 20.3 Å². The van der Waals surface area contributed by atoms with Crippen molar-refractivity contribution in [2.75, 3.05) is 30.4 Å². The lowest BCUT2D eigenvalue weighted by Crippen LogP contribution is -2.06. The molecule has 0 fully saturated rings. The van der Waals surface area contributed by atoms with Crippen LogP contribution in [-0.2, 0) is 9.53 Å². The van der Waals surface area contributed by atoms with E-state index in [0.717, 1.165) is 42.6 Å². The summed E-state index contributed by atoms with van der Waals surface area (Å²) in [5.74, 6) is -0.194. The van der Waals surface area contributed by atoms with E-state index >= 15 is 0 Å². The second-order valence-electron chi connectivity index (χ2n) is 4.93. The zero-order valence-corrected chi connectivity index (χ0v) is 14.1. The smallest absolute Gasteiger partial charge is 0.221 e. The second-order valence-corrected chi connectivity index (χ2v) is 5.79. The Morgan fingerprint density at radius 2 is 2.26 bits per heavy atom. The molecule has 7 heteroatoms. The number of rotatable bonds is 8. The summed E-state index contributed by atoms with van der Waals surface area (Å²) in [5.41, 5.74) is 2.02. The van der Waals surface area contributed by atoms with Crippen LogP contribution in [0.2, 0.25) is 0 Å². The largest absolute Gasteiger partial charge is 0.506 e. The lowest BCUT2D eigenvalue weighted by atomic mass is 10.1. The number of carbonyl (C=O) groups excluding carboxylic acids is 1. The van der Waals surface area contributed by atoms with Crippen LogP contribution in [0.15, 0.2) is 23.6 Å². The average Bonchev–Trinajstić information content (AvgIpc) is 2.98. The minimum atomic E-state index is -0.229. The molecular formula is C16H21N3O3S. The Balaban J connectivity index is 2.01. The molecule has 1 aromatic heterocycles. The maximum absolute atomic E-state index is 11.2. The Morgan fingerprint density at radius 1 is 1.43 bits per heavy atom. The van der Waals surface area contributed by atoms with Gasteiger partial charge in [0.05, 0.1) is 11.4 Å². The molecule has 0 saturated carbocycles. The number of aromatic hydroxyl groups is 1. The van der Waals surface area contributed by atoms with Crippen LogP contribution in [0.4, 0.5) is 10.8 Å². The number of hydrogen-bond donors (Lipinski definition) is 3. The molecule has 124 valence electrons. The summed E-state index contributed by atoms with van der Waals surface area (Å²) in [6.45, 7) is 5.66. The maximum atomic E-state index is 11.2. The SMILES string of the molecule is CCOCCCNc1nc(-c2ccc(O)c(NC(C)=O)c2)cs1. The first-order valence-electron chi connectivity index (χ1n) is 7.48. The maximum Gasteiger partial charge on any atom is 0.221 e. The van der Waals surface area contributed by atoms with E-state index in [9.17, 15) is 9.90 Å². The molecule has 1 amide bonds. The van der Waals surface area contributed by atoms with Crippen LogP contribution in [0.25, 0.3) is 11.3 Å². The number of anilines is 2. The first-order valence-corrected chi connectivity index (χ1v) is 8.36. The zero-order valence-electron chi connectivity index (χ0n) is 13.3. The topological polar surface area (TPSA) is 83.5 Å². The van der Waals surface area contributed by atoms with Crippen LogP contribution in [0.5, 0.6) is 5.75 Å². The van der Waals surface area contributed by atoms with Crippen LogP contribution in [-0.4, -0.2) is 35.8 Å². The highest BCUT2D eigenvalue weighted by molar-refractivity contribution is 7.14. The van der Waals surface area contributed by atoms with Crippen molar-refractivity contribution in [3.05, 3.63) is 23.6 Å². The fourth-order valence-corrected chi connectivity index (χ4v) is 2.74. The summed E-state index contributed by atoms with van der Waals surface area (Å²) >= 11 is 1.52. The molecule has 3 N–H and O–H groups in total. The number of thiazole rings is 1. The molecule has 0 atom stereocenters. The summed E-state index contributed by atoms with van der Waals surface area (Å²) in [4.78, 5) is 15.7. The number of phenolic OH excluding ortho intramolecular Hbond substituents is 1. The number of ether oxygens (including phenoxy) is 1. The Hall–Kier alpha value is -2.12. The molecule has 0 saturated heterocycles. The molecule has 1 aromatic carbocycles. The minimum absolute atomic E-state index is 0.0356. The van der Waals surface area contributed by atoms with Crippen molar-refractivity contribution in [3.8, 4) is 17.0 Å². The van der Waals surface area contributed by atoms with Gasteiger partial charge in [-0.15, -0.1) is 11.3 Å². The monoisotopic (exact) mass is 335 g/mol. The van der Waals surface area contributed by atoms with E-state index < -0.39 is 0 Å². The predicted octanol–water partition coefficient (Wildman–Crippen LogP) is 3.31. The Bertz CT molecular complexity index is 658. The van der Waals surface area contributed by atoms with Crippen molar-refractivity contribution in [1.29, 1.82) is 0 Å². The molecule has 0 radical (unpaired) electrons. The van der Waals surface area contributed by atoms with Gasteiger partial charge in [-0.25, -0.2) is 4.98 Å². The van der Waals surface area contributed by atoms with Gasteiger partial charge in [0.1, 0.15) is 5.75 Å². The highest BCUT2D eigenvalue weighted by Crippen LogP contribution is 2.31. The van der Waals surface area contributed by atoms with Gasteiger partial charge >= 0.3 is 0 Å². The highest BCUT2D eigenvalue weighted by atomic mass is 32.1. The molecule has 1 heterocycles. The lowest BCUT2D eigenvalue weighted by molar-refractivity contribution is -0.114. The van der Waals surface area contributed by atoms with Crippen molar-refractivity contribution >= 4 is 28.1 Å². The van der Waals surface area contributed by atoms with Crippen LogP contribution >= 0.6 is 11.3 Å². The molecule has 0 spiro atoms. The van der Waals surface area contributed by atoms with Gasteiger partial charge in [-0.1, -0.05) is 0 Å². The minimum Gasteiger partial charge on any atom is -0.506 e. The van der Waals surface area contributed by atoms with Crippen molar-refractivity contribution in [1.82, 2.24) is 4.98 Å². The van der Waals surface area contributed by atoms with E-state index in [1.165, 1.54) is 18.3 Å². The molecule has 23 heavy (non-hydrogen) atoms. The van der Waals surface area contributed by atoms with Crippen LogP contribution in [0.3, 0.4) is 0 Å². The van der Waals surface area contributed by atoms with E-state index in [0.29, 0.717) is 5.69 Å². The second kappa shape index (κ2) is 8.50. The first-order chi connectivity index (χ1) is 11.1. The standard InChI is InChI=1S/C16H21N3O3S/c1-3-22-8-4-7-17-16-19-14(10-23-16)12-5-6-15(21)13(9-12)18-11(2)20/h5-6,9-10,21H,3-4,7-8H2,1-2H3,(H,17,19)(H,18,20). The summed E-state index contributed by atoms with van der Waals surface area (Å²) < 4.78 is 5.29. The van der Waals surface area contributed by atoms with Gasteiger partial charge in [-0.05, 0) is 31.5 Å². The molecule has 2 aromatic rings. The third kappa shape index (κ3) is 5.22. The van der Waals surface area contributed by atoms with Gasteiger partial charge in [0.15, 0.2) is 5.13 Å². The Kier molecular flexibility index (Phi) is 6.37. The quantitative estimate of drug-likeness (QED) is 0.509. The molecular weight excluding hydrogens is 314 g/mol. The molecule has 2 rings (SSSR count). The number of phenols is 1. The molecule has 0 aliphatic rings. The number of hydrogen-bond acceptors (Lipinski definition) is 6. The fraction of sp³-hybridized carbons (Fsp3) is 0.375. The van der Waals surface area contributed by atoms with E-state index in [1.807, 2.05) is 12.3 Å². The Morgan fingerprint density at radius 3 is 3.00 bits per heavy atom. The van der Waals surface area contributed by atoms with Gasteiger partial charge in [-0.3, -0.25) is 4.79 Å². The van der Waals surface area contributed by atoms with E-state index in [4.69, 9.17) is 4.74 Å². The lowest BCUT2D eigenvalue weighted by Gasteiger charge is -2.07. The van der Waals surface area contributed by atoms with Crippen LogP contribution in [0, 0.1) is 0 Å². The highest BCUT2D eigenvalue weighted by Gasteiger charge is 2.09. The normalized spacial score (nSPS) is 10.5. The molecule has 0 unspecified atom stereocenters. The van der Waals surface area contributed by atoms with Crippen molar-refractivity contribution in [3.63, 3.8) is 0 Å². The molecule has 0 aliphatic carbocycles. The van der Waals surface area contributed by atoms with Crippen LogP contribution in [0.1, 0.15) is 20.3 Å². The summed E-state index contributed by atoms with van der Waals surface area (Å²) in [6.07, 6.45) is 0.925. The van der Waals surface area contributed by atoms with Gasteiger partial charge in [0.25, 0.3) is 0 Å². The van der Waals surface area contributed by atoms with Gasteiger partial charge in [-0.2, -0.15) is 0 Å². The zero-order chi connectivity index (χ0) is 16.7. The summed E-state index contributed by atoms with van der Waals surface area (Å²) in [5, 5.41) is 18.4. The van der Waals surface area contributed by atoms with Crippen LogP contribution < -0.4 is 10.6 Å². The van der Waals surface area contributed by atoms with Crippen molar-refractivity contribution < 1.29 is 14.6 Å². The number of aromatic nitrogens is 1. The number of nitrogens with zero attached hydrogens (tertiary/aromatic N) is 1. The van der Waals surface area contributed by atoms with E-state index in [-0.39, 0.29) is 11.7 Å². The number of carbonyl (C=O) groups is 1. The van der Waals surface area contributed by atoms with Crippen molar-refractivity contribution in [2.24, 2.45) is 0 Å². The van der Waals surface area contributed by atoms with E-state index in [2.05, 4.69) is 15.6 Å². The molecule has 0 bridgehead atoms. The van der Waals surface area contributed by atoms with Gasteiger partial charge in [0.2, 0.25) is 5.91 Å². The number of amides is 1. The third-order valence-corrected chi connectivity index (χ3v) is 3.85. The van der Waals surface area contributed by atoms with Gasteiger partial charge < -0.3 is 20.5 Å². The van der Waals surface area contributed by atoms with Gasteiger partial charge in [0, 0.05) is 37.6 Å². The summed E-state index contributed by atoms with van der Waals surface area (Å²) in [6, 6.07) is 5.04.